The van der Waals surface area contributed by atoms with Crippen LogP contribution in [-0.4, -0.2) is 26.0 Å². The Morgan fingerprint density at radius 3 is 2.43 bits per heavy atom. The van der Waals surface area contributed by atoms with E-state index in [0.717, 1.165) is 6.08 Å². The van der Waals surface area contributed by atoms with Gasteiger partial charge < -0.3 is 5.11 Å². The molecule has 0 unspecified atom stereocenters. The number of hydrogen-bond acceptors (Lipinski definition) is 4. The second kappa shape index (κ2) is 6.52. The molecule has 7 heteroatoms. The molecule has 0 atom stereocenters. The van der Waals surface area contributed by atoms with Crippen molar-refractivity contribution < 1.29 is 18.3 Å². The summed E-state index contributed by atoms with van der Waals surface area (Å²) in [5.41, 5.74) is -0.217. The Morgan fingerprint density at radius 2 is 1.95 bits per heavy atom. The van der Waals surface area contributed by atoms with Crippen LogP contribution < -0.4 is 4.72 Å². The van der Waals surface area contributed by atoms with Gasteiger partial charge in [-0.25, -0.2) is 17.9 Å². The first kappa shape index (κ1) is 16.9. The molecule has 0 saturated carbocycles. The van der Waals surface area contributed by atoms with Gasteiger partial charge in [0.25, 0.3) is 0 Å². The van der Waals surface area contributed by atoms with Crippen LogP contribution in [0.1, 0.15) is 19.4 Å². The van der Waals surface area contributed by atoms with Gasteiger partial charge in [0.2, 0.25) is 10.0 Å². The Labute approximate surface area is 123 Å². The van der Waals surface area contributed by atoms with Crippen LogP contribution in [0.25, 0.3) is 6.08 Å². The molecule has 6 nitrogen and oxygen atoms in total. The van der Waals surface area contributed by atoms with Crippen LogP contribution in [0.2, 0.25) is 0 Å². The van der Waals surface area contributed by atoms with E-state index in [1.54, 1.807) is 13.8 Å². The van der Waals surface area contributed by atoms with Gasteiger partial charge in [0.05, 0.1) is 16.4 Å². The molecule has 1 aromatic carbocycles. The van der Waals surface area contributed by atoms with E-state index in [-0.39, 0.29) is 11.4 Å². The van der Waals surface area contributed by atoms with Gasteiger partial charge in [-0.1, -0.05) is 12.1 Å². The molecule has 0 radical (unpaired) electrons. The number of rotatable bonds is 6. The van der Waals surface area contributed by atoms with E-state index in [1.807, 2.05) is 6.07 Å². The molecule has 0 aliphatic carbocycles. The molecule has 21 heavy (non-hydrogen) atoms. The van der Waals surface area contributed by atoms with E-state index >= 15 is 0 Å². The topological polar surface area (TPSA) is 107 Å². The number of sulfonamides is 1. The summed E-state index contributed by atoms with van der Waals surface area (Å²) in [4.78, 5) is 10.4. The number of carboxylic acid groups (broad SMARTS) is 1. The molecule has 0 amide bonds. The van der Waals surface area contributed by atoms with E-state index in [2.05, 4.69) is 4.72 Å². The molecule has 0 heterocycles. The average molecular weight is 308 g/mol. The molecule has 1 aromatic rings. The molecule has 1 rings (SSSR count). The molecule has 0 aliphatic heterocycles. The summed E-state index contributed by atoms with van der Waals surface area (Å²) in [5, 5.41) is 17.4. The first-order valence-corrected chi connectivity index (χ1v) is 7.57. The van der Waals surface area contributed by atoms with Crippen LogP contribution >= 0.6 is 0 Å². The predicted molar refractivity (Wildman–Crippen MR) is 77.7 cm³/mol. The summed E-state index contributed by atoms with van der Waals surface area (Å²) in [6.07, 6.45) is 2.34. The second-order valence-electron chi connectivity index (χ2n) is 5.06. The van der Waals surface area contributed by atoms with Gasteiger partial charge >= 0.3 is 5.97 Å². The molecular formula is C14H16N2O4S. The highest BCUT2D eigenvalue weighted by molar-refractivity contribution is 7.89. The Balaban J connectivity index is 2.86. The Kier molecular flexibility index (Phi) is 5.24. The zero-order valence-electron chi connectivity index (χ0n) is 11.7. The van der Waals surface area contributed by atoms with Crippen molar-refractivity contribution in [3.63, 3.8) is 0 Å². The number of nitriles is 1. The Hall–Kier alpha value is -2.17. The summed E-state index contributed by atoms with van der Waals surface area (Å²) < 4.78 is 26.5. The summed E-state index contributed by atoms with van der Waals surface area (Å²) in [7, 11) is -3.69. The monoisotopic (exact) mass is 308 g/mol. The summed E-state index contributed by atoms with van der Waals surface area (Å²) >= 11 is 0. The lowest BCUT2D eigenvalue weighted by Gasteiger charge is -2.16. The number of carboxylic acids is 1. The highest BCUT2D eigenvalue weighted by atomic mass is 32.2. The van der Waals surface area contributed by atoms with Gasteiger partial charge in [0, 0.05) is 12.6 Å². The number of hydrogen-bond donors (Lipinski definition) is 2. The molecule has 0 saturated heterocycles. The first-order valence-electron chi connectivity index (χ1n) is 6.08. The Morgan fingerprint density at radius 1 is 1.38 bits per heavy atom. The first-order chi connectivity index (χ1) is 9.66. The lowest BCUT2D eigenvalue weighted by molar-refractivity contribution is -0.131. The molecule has 0 aliphatic rings. The minimum atomic E-state index is -3.69. The smallest absolute Gasteiger partial charge is 0.328 e. The Bertz CT molecular complexity index is 683. The van der Waals surface area contributed by atoms with Crippen molar-refractivity contribution in [2.24, 2.45) is 5.41 Å². The predicted octanol–water partition coefficient (Wildman–Crippen LogP) is 1.61. The third-order valence-corrected chi connectivity index (χ3v) is 4.03. The van der Waals surface area contributed by atoms with Crippen molar-refractivity contribution in [1.82, 2.24) is 4.72 Å². The fraction of sp³-hybridized carbons (Fsp3) is 0.286. The van der Waals surface area contributed by atoms with Crippen LogP contribution in [0.3, 0.4) is 0 Å². The maximum atomic E-state index is 12.0. The zero-order chi connectivity index (χ0) is 16.1. The lowest BCUT2D eigenvalue weighted by Crippen LogP contribution is -2.33. The third-order valence-electron chi connectivity index (χ3n) is 2.62. The van der Waals surface area contributed by atoms with Crippen molar-refractivity contribution in [3.05, 3.63) is 35.9 Å². The van der Waals surface area contributed by atoms with E-state index in [0.29, 0.717) is 5.56 Å². The van der Waals surface area contributed by atoms with Crippen molar-refractivity contribution >= 4 is 22.1 Å². The van der Waals surface area contributed by atoms with Crippen LogP contribution in [0.4, 0.5) is 0 Å². The number of nitrogens with zero attached hydrogens (tertiary/aromatic N) is 1. The molecular weight excluding hydrogens is 292 g/mol. The number of aliphatic carboxylic acids is 1. The summed E-state index contributed by atoms with van der Waals surface area (Å²) in [5.74, 6) is -1.08. The summed E-state index contributed by atoms with van der Waals surface area (Å²) in [6, 6.07) is 7.77. The number of carbonyl (C=O) groups is 1. The molecule has 112 valence electrons. The van der Waals surface area contributed by atoms with Crippen LogP contribution in [0.15, 0.2) is 35.2 Å². The van der Waals surface area contributed by atoms with Gasteiger partial charge in [-0.3, -0.25) is 0 Å². The van der Waals surface area contributed by atoms with Gasteiger partial charge in [0.15, 0.2) is 0 Å². The van der Waals surface area contributed by atoms with Gasteiger partial charge in [-0.2, -0.15) is 5.26 Å². The minimum Gasteiger partial charge on any atom is -0.478 e. The van der Waals surface area contributed by atoms with E-state index in [1.165, 1.54) is 30.3 Å². The second-order valence-corrected chi connectivity index (χ2v) is 6.83. The van der Waals surface area contributed by atoms with Crippen LogP contribution in [-0.2, 0) is 14.8 Å². The van der Waals surface area contributed by atoms with Crippen LogP contribution in [0.5, 0.6) is 0 Å². The van der Waals surface area contributed by atoms with E-state index in [9.17, 15) is 13.2 Å². The summed E-state index contributed by atoms with van der Waals surface area (Å²) in [6.45, 7) is 3.27. The van der Waals surface area contributed by atoms with Gasteiger partial charge in [0.1, 0.15) is 0 Å². The standard InChI is InChI=1S/C14H16N2O4S/c1-14(2,9-15)10-16-21(19,20)12-6-3-11(4-7-12)5-8-13(17)18/h3-8,16H,10H2,1-2H3,(H,17,18)/b8-5+. The van der Waals surface area contributed by atoms with Gasteiger partial charge in [-0.15, -0.1) is 0 Å². The maximum absolute atomic E-state index is 12.0. The zero-order valence-corrected chi connectivity index (χ0v) is 12.5. The van der Waals surface area contributed by atoms with E-state index in [4.69, 9.17) is 10.4 Å². The molecule has 0 spiro atoms. The molecule has 0 aromatic heterocycles. The van der Waals surface area contributed by atoms with Crippen molar-refractivity contribution in [3.8, 4) is 6.07 Å². The molecule has 2 N–H and O–H groups in total. The normalized spacial score (nSPS) is 12.2. The van der Waals surface area contributed by atoms with Crippen LogP contribution in [0, 0.1) is 16.7 Å². The van der Waals surface area contributed by atoms with Crippen molar-refractivity contribution in [1.29, 1.82) is 5.26 Å². The number of nitrogens with one attached hydrogen (secondary N) is 1. The fourth-order valence-corrected chi connectivity index (χ4v) is 2.54. The van der Waals surface area contributed by atoms with Crippen molar-refractivity contribution in [2.75, 3.05) is 6.54 Å². The highest BCUT2D eigenvalue weighted by Crippen LogP contribution is 2.15. The number of benzene rings is 1. The molecule has 0 bridgehead atoms. The van der Waals surface area contributed by atoms with Gasteiger partial charge in [-0.05, 0) is 37.6 Å². The molecule has 0 fully saturated rings. The SMILES string of the molecule is CC(C)(C#N)CNS(=O)(=O)c1ccc(/C=C/C(=O)O)cc1. The maximum Gasteiger partial charge on any atom is 0.328 e. The average Bonchev–Trinajstić information content (AvgIpc) is 2.44. The largest absolute Gasteiger partial charge is 0.478 e. The fourth-order valence-electron chi connectivity index (χ4n) is 1.32. The third kappa shape index (κ3) is 5.38. The highest BCUT2D eigenvalue weighted by Gasteiger charge is 2.21. The lowest BCUT2D eigenvalue weighted by atomic mass is 9.97. The minimum absolute atomic E-state index is 0.00645. The quantitative estimate of drug-likeness (QED) is 0.776. The van der Waals surface area contributed by atoms with Crippen molar-refractivity contribution in [2.45, 2.75) is 18.7 Å². The van der Waals surface area contributed by atoms with E-state index < -0.39 is 21.4 Å².